The summed E-state index contributed by atoms with van der Waals surface area (Å²) in [7, 11) is 0. The van der Waals surface area contributed by atoms with Gasteiger partial charge in [-0.05, 0) is 56.3 Å². The number of nitrogens with one attached hydrogen (secondary N) is 1. The van der Waals surface area contributed by atoms with E-state index in [0.29, 0.717) is 0 Å². The second-order valence-corrected chi connectivity index (χ2v) is 6.29. The predicted octanol–water partition coefficient (Wildman–Crippen LogP) is 1.67. The highest BCUT2D eigenvalue weighted by atomic mass is 16.1. The maximum absolute atomic E-state index is 12.1. The van der Waals surface area contributed by atoms with Gasteiger partial charge in [0, 0.05) is 12.6 Å². The lowest BCUT2D eigenvalue weighted by Crippen LogP contribution is -2.41. The van der Waals surface area contributed by atoms with E-state index >= 15 is 0 Å². The topological polar surface area (TPSA) is 55.1 Å². The van der Waals surface area contributed by atoms with Crippen molar-refractivity contribution >= 4 is 5.91 Å². The predicted molar refractivity (Wildman–Crippen MR) is 67.3 cm³/mol. The van der Waals surface area contributed by atoms with E-state index in [9.17, 15) is 4.79 Å². The van der Waals surface area contributed by atoms with E-state index in [4.69, 9.17) is 5.73 Å². The molecule has 0 bridgehead atoms. The lowest BCUT2D eigenvalue weighted by atomic mass is 9.97. The van der Waals surface area contributed by atoms with Crippen LogP contribution < -0.4 is 11.1 Å². The van der Waals surface area contributed by atoms with Crippen LogP contribution in [0, 0.1) is 23.7 Å². The monoisotopic (exact) mass is 236 g/mol. The van der Waals surface area contributed by atoms with Crippen LogP contribution in [0.3, 0.4) is 0 Å². The molecule has 3 nitrogen and oxygen atoms in total. The van der Waals surface area contributed by atoms with Gasteiger partial charge in [-0.1, -0.05) is 6.42 Å². The molecule has 3 saturated carbocycles. The van der Waals surface area contributed by atoms with Gasteiger partial charge in [0.25, 0.3) is 0 Å². The summed E-state index contributed by atoms with van der Waals surface area (Å²) in [6.07, 6.45) is 8.69. The maximum atomic E-state index is 12.1. The zero-order valence-electron chi connectivity index (χ0n) is 10.5. The van der Waals surface area contributed by atoms with E-state index in [1.165, 1.54) is 25.7 Å². The van der Waals surface area contributed by atoms with Crippen molar-refractivity contribution in [3.05, 3.63) is 0 Å². The van der Waals surface area contributed by atoms with Gasteiger partial charge in [0.2, 0.25) is 5.91 Å². The van der Waals surface area contributed by atoms with Crippen molar-refractivity contribution in [1.29, 1.82) is 0 Å². The molecule has 0 saturated heterocycles. The molecule has 0 aromatic carbocycles. The van der Waals surface area contributed by atoms with Crippen LogP contribution in [-0.2, 0) is 4.79 Å². The van der Waals surface area contributed by atoms with Gasteiger partial charge in [0.15, 0.2) is 0 Å². The summed E-state index contributed by atoms with van der Waals surface area (Å²) in [6.45, 7) is 0.914. The van der Waals surface area contributed by atoms with E-state index in [0.717, 1.165) is 43.6 Å². The Labute approximate surface area is 104 Å². The minimum atomic E-state index is 0.0917. The molecule has 0 aromatic heterocycles. The van der Waals surface area contributed by atoms with Gasteiger partial charge < -0.3 is 11.1 Å². The van der Waals surface area contributed by atoms with Crippen molar-refractivity contribution in [2.24, 2.45) is 29.4 Å². The molecule has 2 unspecified atom stereocenters. The zero-order valence-corrected chi connectivity index (χ0v) is 10.5. The molecular weight excluding hydrogens is 212 g/mol. The van der Waals surface area contributed by atoms with Crippen LogP contribution in [0.2, 0.25) is 0 Å². The van der Waals surface area contributed by atoms with Gasteiger partial charge >= 0.3 is 0 Å². The van der Waals surface area contributed by atoms with Gasteiger partial charge in [-0.3, -0.25) is 4.79 Å². The molecule has 3 rings (SSSR count). The van der Waals surface area contributed by atoms with Crippen molar-refractivity contribution in [2.45, 2.75) is 51.0 Å². The summed E-state index contributed by atoms with van der Waals surface area (Å²) in [5.74, 6) is 2.92. The molecule has 3 aliphatic rings. The Morgan fingerprint density at radius 2 is 1.76 bits per heavy atom. The molecule has 1 amide bonds. The van der Waals surface area contributed by atoms with E-state index in [-0.39, 0.29) is 17.9 Å². The van der Waals surface area contributed by atoms with Gasteiger partial charge in [-0.25, -0.2) is 0 Å². The number of amides is 1. The minimum Gasteiger partial charge on any atom is -0.356 e. The Hall–Kier alpha value is -0.570. The molecule has 3 aliphatic carbocycles. The molecule has 96 valence electrons. The highest BCUT2D eigenvalue weighted by Gasteiger charge is 2.41. The first kappa shape index (κ1) is 11.5. The Morgan fingerprint density at radius 3 is 2.24 bits per heavy atom. The molecule has 0 heterocycles. The molecule has 3 fully saturated rings. The quantitative estimate of drug-likeness (QED) is 0.763. The third kappa shape index (κ3) is 2.65. The Kier molecular flexibility index (Phi) is 3.12. The molecular formula is C14H24N2O. The van der Waals surface area contributed by atoms with E-state index < -0.39 is 0 Å². The summed E-state index contributed by atoms with van der Waals surface area (Å²) in [5.41, 5.74) is 5.97. The summed E-state index contributed by atoms with van der Waals surface area (Å²) in [6, 6.07) is 0.107. The molecule has 2 atom stereocenters. The summed E-state index contributed by atoms with van der Waals surface area (Å²) >= 11 is 0. The normalized spacial score (nSPS) is 33.1. The van der Waals surface area contributed by atoms with Crippen molar-refractivity contribution in [3.63, 3.8) is 0 Å². The fourth-order valence-electron chi connectivity index (χ4n) is 3.43. The Bertz CT molecular complexity index is 285. The van der Waals surface area contributed by atoms with Crippen LogP contribution >= 0.6 is 0 Å². The molecule has 0 aromatic rings. The summed E-state index contributed by atoms with van der Waals surface area (Å²) in [5, 5.41) is 3.18. The molecule has 3 heteroatoms. The van der Waals surface area contributed by atoms with Crippen molar-refractivity contribution in [1.82, 2.24) is 5.32 Å². The number of nitrogens with two attached hydrogens (primary N) is 1. The Morgan fingerprint density at radius 1 is 1.12 bits per heavy atom. The zero-order chi connectivity index (χ0) is 11.8. The van der Waals surface area contributed by atoms with E-state index in [1.54, 1.807) is 0 Å². The van der Waals surface area contributed by atoms with Crippen molar-refractivity contribution in [3.8, 4) is 0 Å². The largest absolute Gasteiger partial charge is 0.356 e. The van der Waals surface area contributed by atoms with Gasteiger partial charge in [-0.2, -0.15) is 0 Å². The third-order valence-electron chi connectivity index (χ3n) is 4.87. The summed E-state index contributed by atoms with van der Waals surface area (Å²) < 4.78 is 0. The standard InChI is InChI=1S/C14H24N2O/c15-13-3-1-2-11(13)14(17)16-8-12(9-4-5-9)10-6-7-10/h9-13H,1-8,15H2,(H,16,17). The first-order chi connectivity index (χ1) is 8.25. The number of hydrogen-bond donors (Lipinski definition) is 2. The van der Waals surface area contributed by atoms with Gasteiger partial charge in [0.05, 0.1) is 5.92 Å². The fraction of sp³-hybridized carbons (Fsp3) is 0.929. The molecule has 0 spiro atoms. The van der Waals surface area contributed by atoms with Crippen LogP contribution in [0.4, 0.5) is 0 Å². The highest BCUT2D eigenvalue weighted by Crippen LogP contribution is 2.48. The average Bonchev–Trinajstić information content (AvgIpc) is 3.20. The van der Waals surface area contributed by atoms with Crippen LogP contribution in [0.15, 0.2) is 0 Å². The average molecular weight is 236 g/mol. The van der Waals surface area contributed by atoms with Crippen molar-refractivity contribution in [2.75, 3.05) is 6.54 Å². The SMILES string of the molecule is NC1CCCC1C(=O)NCC(C1CC1)C1CC1. The number of rotatable bonds is 5. The minimum absolute atomic E-state index is 0.0917. The molecule has 17 heavy (non-hydrogen) atoms. The highest BCUT2D eigenvalue weighted by molar-refractivity contribution is 5.79. The van der Waals surface area contributed by atoms with Crippen LogP contribution in [0.5, 0.6) is 0 Å². The van der Waals surface area contributed by atoms with E-state index in [1.807, 2.05) is 0 Å². The number of carbonyl (C=O) groups is 1. The van der Waals surface area contributed by atoms with Gasteiger partial charge in [0.1, 0.15) is 0 Å². The van der Waals surface area contributed by atoms with Crippen LogP contribution in [-0.4, -0.2) is 18.5 Å². The first-order valence-electron chi connectivity index (χ1n) is 7.29. The lowest BCUT2D eigenvalue weighted by Gasteiger charge is -2.19. The lowest BCUT2D eigenvalue weighted by molar-refractivity contribution is -0.125. The van der Waals surface area contributed by atoms with Crippen LogP contribution in [0.1, 0.15) is 44.9 Å². The molecule has 3 N–H and O–H groups in total. The van der Waals surface area contributed by atoms with Crippen molar-refractivity contribution < 1.29 is 4.79 Å². The first-order valence-corrected chi connectivity index (χ1v) is 7.29. The smallest absolute Gasteiger partial charge is 0.224 e. The van der Waals surface area contributed by atoms with Gasteiger partial charge in [-0.15, -0.1) is 0 Å². The summed E-state index contributed by atoms with van der Waals surface area (Å²) in [4.78, 5) is 12.1. The number of hydrogen-bond acceptors (Lipinski definition) is 2. The molecule has 0 aliphatic heterocycles. The van der Waals surface area contributed by atoms with Crippen LogP contribution in [0.25, 0.3) is 0 Å². The second kappa shape index (κ2) is 4.60. The number of carbonyl (C=O) groups excluding carboxylic acids is 1. The fourth-order valence-corrected chi connectivity index (χ4v) is 3.43. The van der Waals surface area contributed by atoms with E-state index in [2.05, 4.69) is 5.32 Å². The Balaban J connectivity index is 1.47. The third-order valence-corrected chi connectivity index (χ3v) is 4.87. The second-order valence-electron chi connectivity index (χ2n) is 6.29. The maximum Gasteiger partial charge on any atom is 0.224 e. The molecule has 0 radical (unpaired) electrons.